The van der Waals surface area contributed by atoms with Gasteiger partial charge in [0.15, 0.2) is 0 Å². The van der Waals surface area contributed by atoms with Crippen molar-refractivity contribution in [3.63, 3.8) is 0 Å². The second-order valence-electron chi connectivity index (χ2n) is 7.27. The van der Waals surface area contributed by atoms with Gasteiger partial charge >= 0.3 is 0 Å². The van der Waals surface area contributed by atoms with Gasteiger partial charge in [-0.05, 0) is 23.6 Å². The van der Waals surface area contributed by atoms with E-state index in [1.807, 2.05) is 30.3 Å². The lowest BCUT2D eigenvalue weighted by atomic mass is 10.1. The van der Waals surface area contributed by atoms with Crippen LogP contribution in [0.2, 0.25) is 0 Å². The average molecular weight is 375 g/mol. The van der Waals surface area contributed by atoms with E-state index in [-0.39, 0.29) is 18.7 Å². The Hall–Kier alpha value is -2.46. The van der Waals surface area contributed by atoms with Crippen molar-refractivity contribution in [2.24, 2.45) is 0 Å². The number of nitrogens with one attached hydrogen (secondary N) is 1. The van der Waals surface area contributed by atoms with Crippen molar-refractivity contribution in [1.82, 2.24) is 10.2 Å². The molecule has 0 unspecified atom stereocenters. The summed E-state index contributed by atoms with van der Waals surface area (Å²) in [5, 5.41) is 13.6. The SMILES string of the molecule is C[C@@H]([C@H](CO)NCc1ccccc1)N(Cc1ccccc1)Cc1ccccc1. The lowest BCUT2D eigenvalue weighted by Crippen LogP contribution is -2.49. The number of nitrogens with zero attached hydrogens (tertiary/aromatic N) is 1. The molecule has 0 amide bonds. The zero-order valence-electron chi connectivity index (χ0n) is 16.5. The van der Waals surface area contributed by atoms with E-state index < -0.39 is 0 Å². The highest BCUT2D eigenvalue weighted by Gasteiger charge is 2.23. The Labute approximate surface area is 168 Å². The molecule has 146 valence electrons. The molecule has 0 fully saturated rings. The molecule has 3 heteroatoms. The quantitative estimate of drug-likeness (QED) is 0.557. The number of rotatable bonds is 10. The molecule has 28 heavy (non-hydrogen) atoms. The molecule has 3 aromatic rings. The molecule has 0 saturated carbocycles. The first-order chi connectivity index (χ1) is 13.8. The highest BCUT2D eigenvalue weighted by Crippen LogP contribution is 2.16. The molecule has 3 rings (SSSR count). The zero-order chi connectivity index (χ0) is 19.6. The van der Waals surface area contributed by atoms with Crippen molar-refractivity contribution >= 4 is 0 Å². The summed E-state index contributed by atoms with van der Waals surface area (Å²) in [5.41, 5.74) is 3.79. The van der Waals surface area contributed by atoms with Crippen LogP contribution < -0.4 is 5.32 Å². The van der Waals surface area contributed by atoms with Crippen LogP contribution in [0.4, 0.5) is 0 Å². The normalized spacial score (nSPS) is 13.4. The van der Waals surface area contributed by atoms with Crippen LogP contribution >= 0.6 is 0 Å². The van der Waals surface area contributed by atoms with E-state index in [9.17, 15) is 5.11 Å². The summed E-state index contributed by atoms with van der Waals surface area (Å²) in [6.07, 6.45) is 0. The first-order valence-electron chi connectivity index (χ1n) is 9.96. The minimum Gasteiger partial charge on any atom is -0.395 e. The van der Waals surface area contributed by atoms with Crippen LogP contribution in [-0.2, 0) is 19.6 Å². The summed E-state index contributed by atoms with van der Waals surface area (Å²) in [6, 6.07) is 31.6. The van der Waals surface area contributed by atoms with Crippen molar-refractivity contribution in [3.05, 3.63) is 108 Å². The first kappa shape index (κ1) is 20.3. The summed E-state index contributed by atoms with van der Waals surface area (Å²) >= 11 is 0. The minimum absolute atomic E-state index is 0.00682. The molecule has 2 atom stereocenters. The van der Waals surface area contributed by atoms with Crippen LogP contribution in [0.1, 0.15) is 23.6 Å². The standard InChI is InChI=1S/C25H30N2O/c1-21(25(20-28)26-17-22-11-5-2-6-12-22)27(18-23-13-7-3-8-14-23)19-24-15-9-4-10-16-24/h2-16,21,25-26,28H,17-20H2,1H3/t21-,25-/m0/s1. The predicted octanol–water partition coefficient (Wildman–Crippen LogP) is 4.23. The number of aliphatic hydroxyl groups is 1. The van der Waals surface area contributed by atoms with Crippen molar-refractivity contribution < 1.29 is 5.11 Å². The number of aliphatic hydroxyl groups excluding tert-OH is 1. The van der Waals surface area contributed by atoms with E-state index in [4.69, 9.17) is 0 Å². The van der Waals surface area contributed by atoms with Crippen molar-refractivity contribution in [2.75, 3.05) is 6.61 Å². The molecular formula is C25H30N2O. The van der Waals surface area contributed by atoms with Gasteiger partial charge in [-0.3, -0.25) is 4.90 Å². The Morgan fingerprint density at radius 1 is 0.714 bits per heavy atom. The highest BCUT2D eigenvalue weighted by atomic mass is 16.3. The number of hydrogen-bond acceptors (Lipinski definition) is 3. The molecule has 2 N–H and O–H groups in total. The number of hydrogen-bond donors (Lipinski definition) is 2. The fraction of sp³-hybridized carbons (Fsp3) is 0.280. The number of benzene rings is 3. The van der Waals surface area contributed by atoms with E-state index in [1.165, 1.54) is 16.7 Å². The Bertz CT molecular complexity index is 751. The third-order valence-corrected chi connectivity index (χ3v) is 5.22. The lowest BCUT2D eigenvalue weighted by molar-refractivity contribution is 0.114. The molecule has 3 aromatic carbocycles. The second-order valence-corrected chi connectivity index (χ2v) is 7.27. The molecule has 0 spiro atoms. The van der Waals surface area contributed by atoms with E-state index in [2.05, 4.69) is 77.8 Å². The molecule has 0 heterocycles. The van der Waals surface area contributed by atoms with Gasteiger partial charge in [0.1, 0.15) is 0 Å². The average Bonchev–Trinajstić information content (AvgIpc) is 2.76. The van der Waals surface area contributed by atoms with E-state index in [0.29, 0.717) is 0 Å². The van der Waals surface area contributed by atoms with Gasteiger partial charge in [-0.1, -0.05) is 91.0 Å². The fourth-order valence-corrected chi connectivity index (χ4v) is 3.47. The third-order valence-electron chi connectivity index (χ3n) is 5.22. The van der Waals surface area contributed by atoms with E-state index >= 15 is 0 Å². The van der Waals surface area contributed by atoms with Gasteiger partial charge in [-0.25, -0.2) is 0 Å². The minimum atomic E-state index is -0.00682. The summed E-state index contributed by atoms with van der Waals surface area (Å²) in [5.74, 6) is 0. The first-order valence-corrected chi connectivity index (χ1v) is 9.96. The largest absolute Gasteiger partial charge is 0.395 e. The molecule has 3 nitrogen and oxygen atoms in total. The summed E-state index contributed by atoms with van der Waals surface area (Å²) in [7, 11) is 0. The van der Waals surface area contributed by atoms with Gasteiger partial charge in [0.05, 0.1) is 6.61 Å². The van der Waals surface area contributed by atoms with E-state index in [1.54, 1.807) is 0 Å². The third kappa shape index (κ3) is 6.03. The monoisotopic (exact) mass is 374 g/mol. The van der Waals surface area contributed by atoms with E-state index in [0.717, 1.165) is 19.6 Å². The van der Waals surface area contributed by atoms with Crippen LogP contribution in [0.15, 0.2) is 91.0 Å². The van der Waals surface area contributed by atoms with Gasteiger partial charge in [-0.2, -0.15) is 0 Å². The maximum absolute atomic E-state index is 10.1. The van der Waals surface area contributed by atoms with Gasteiger partial charge in [0.2, 0.25) is 0 Å². The van der Waals surface area contributed by atoms with Crippen LogP contribution in [0.25, 0.3) is 0 Å². The van der Waals surface area contributed by atoms with Crippen LogP contribution in [0.3, 0.4) is 0 Å². The molecule has 0 aliphatic rings. The van der Waals surface area contributed by atoms with Crippen LogP contribution in [0.5, 0.6) is 0 Å². The van der Waals surface area contributed by atoms with Crippen molar-refractivity contribution in [1.29, 1.82) is 0 Å². The maximum Gasteiger partial charge on any atom is 0.0599 e. The molecule has 0 radical (unpaired) electrons. The molecule has 0 aliphatic carbocycles. The molecular weight excluding hydrogens is 344 g/mol. The topological polar surface area (TPSA) is 35.5 Å². The molecule has 0 aliphatic heterocycles. The van der Waals surface area contributed by atoms with Crippen LogP contribution in [-0.4, -0.2) is 28.7 Å². The van der Waals surface area contributed by atoms with Crippen LogP contribution in [0, 0.1) is 0 Å². The second kappa shape index (κ2) is 10.8. The van der Waals surface area contributed by atoms with Crippen molar-refractivity contribution in [3.8, 4) is 0 Å². The lowest BCUT2D eigenvalue weighted by Gasteiger charge is -2.35. The predicted molar refractivity (Wildman–Crippen MR) is 116 cm³/mol. The Morgan fingerprint density at radius 3 is 1.57 bits per heavy atom. The molecule has 0 aromatic heterocycles. The van der Waals surface area contributed by atoms with Gasteiger partial charge in [-0.15, -0.1) is 0 Å². The Morgan fingerprint density at radius 2 is 1.14 bits per heavy atom. The summed E-state index contributed by atoms with van der Waals surface area (Å²) < 4.78 is 0. The Kier molecular flexibility index (Phi) is 7.80. The summed E-state index contributed by atoms with van der Waals surface area (Å²) in [4.78, 5) is 2.43. The van der Waals surface area contributed by atoms with Crippen molar-refractivity contribution in [2.45, 2.75) is 38.6 Å². The smallest absolute Gasteiger partial charge is 0.0599 e. The Balaban J connectivity index is 1.72. The molecule has 0 bridgehead atoms. The summed E-state index contributed by atoms with van der Waals surface area (Å²) in [6.45, 7) is 4.75. The van der Waals surface area contributed by atoms with Gasteiger partial charge < -0.3 is 10.4 Å². The highest BCUT2D eigenvalue weighted by molar-refractivity contribution is 5.18. The van der Waals surface area contributed by atoms with Gasteiger partial charge in [0, 0.05) is 31.7 Å². The van der Waals surface area contributed by atoms with Gasteiger partial charge in [0.25, 0.3) is 0 Å². The maximum atomic E-state index is 10.1. The fourth-order valence-electron chi connectivity index (χ4n) is 3.47. The zero-order valence-corrected chi connectivity index (χ0v) is 16.5. The molecule has 0 saturated heterocycles.